The van der Waals surface area contributed by atoms with E-state index < -0.39 is 0 Å². The van der Waals surface area contributed by atoms with Crippen molar-refractivity contribution in [3.63, 3.8) is 0 Å². The average Bonchev–Trinajstić information content (AvgIpc) is 2.48. The lowest BCUT2D eigenvalue weighted by atomic mass is 10.1. The number of nitrogen functional groups attached to an aromatic ring is 1. The van der Waals surface area contributed by atoms with Crippen LogP contribution in [0.3, 0.4) is 0 Å². The minimum atomic E-state index is 0.658. The maximum atomic E-state index is 6.16. The van der Waals surface area contributed by atoms with Crippen LogP contribution < -0.4 is 11.1 Å². The normalized spacial score (nSPS) is 10.7. The minimum absolute atomic E-state index is 0.658. The standard InChI is InChI=1S/C16H14ClN3/c17-13-7-8-15(12-5-3-9-19-16(12)13)20-10-11-4-1-2-6-14(11)18/h1-9,20H,10,18H2. The van der Waals surface area contributed by atoms with E-state index in [1.165, 1.54) is 0 Å². The number of para-hydroxylation sites is 1. The summed E-state index contributed by atoms with van der Waals surface area (Å²) in [6, 6.07) is 15.6. The minimum Gasteiger partial charge on any atom is -0.398 e. The number of hydrogen-bond donors (Lipinski definition) is 2. The van der Waals surface area contributed by atoms with E-state index in [4.69, 9.17) is 17.3 Å². The highest BCUT2D eigenvalue weighted by atomic mass is 35.5. The number of pyridine rings is 1. The number of nitrogens with two attached hydrogens (primary N) is 1. The van der Waals surface area contributed by atoms with Gasteiger partial charge in [0.15, 0.2) is 0 Å². The fourth-order valence-electron chi connectivity index (χ4n) is 2.18. The number of hydrogen-bond acceptors (Lipinski definition) is 3. The lowest BCUT2D eigenvalue weighted by Crippen LogP contribution is -2.03. The molecule has 0 radical (unpaired) electrons. The van der Waals surface area contributed by atoms with Crippen LogP contribution in [0.1, 0.15) is 5.56 Å². The van der Waals surface area contributed by atoms with E-state index in [-0.39, 0.29) is 0 Å². The quantitative estimate of drug-likeness (QED) is 0.712. The van der Waals surface area contributed by atoms with Gasteiger partial charge in [-0.15, -0.1) is 0 Å². The molecule has 0 spiro atoms. The number of aromatic nitrogens is 1. The molecule has 3 aromatic rings. The largest absolute Gasteiger partial charge is 0.398 e. The van der Waals surface area contributed by atoms with Crippen molar-refractivity contribution in [2.45, 2.75) is 6.54 Å². The maximum Gasteiger partial charge on any atom is 0.0908 e. The van der Waals surface area contributed by atoms with Gasteiger partial charge in [-0.2, -0.15) is 0 Å². The van der Waals surface area contributed by atoms with Gasteiger partial charge in [-0.25, -0.2) is 0 Å². The molecule has 0 fully saturated rings. The molecule has 100 valence electrons. The Kier molecular flexibility index (Phi) is 3.44. The van der Waals surface area contributed by atoms with Crippen molar-refractivity contribution in [2.75, 3.05) is 11.1 Å². The lowest BCUT2D eigenvalue weighted by Gasteiger charge is -2.11. The molecule has 0 aliphatic carbocycles. The first-order valence-electron chi connectivity index (χ1n) is 6.36. The Balaban J connectivity index is 1.92. The van der Waals surface area contributed by atoms with E-state index in [0.717, 1.165) is 27.8 Å². The highest BCUT2D eigenvalue weighted by Crippen LogP contribution is 2.28. The van der Waals surface area contributed by atoms with Crippen LogP contribution in [0, 0.1) is 0 Å². The number of anilines is 2. The predicted octanol–water partition coefficient (Wildman–Crippen LogP) is 4.08. The molecule has 3 nitrogen and oxygen atoms in total. The van der Waals surface area contributed by atoms with Crippen molar-refractivity contribution in [1.29, 1.82) is 0 Å². The van der Waals surface area contributed by atoms with Gasteiger partial charge in [0.25, 0.3) is 0 Å². The molecular weight excluding hydrogens is 270 g/mol. The van der Waals surface area contributed by atoms with Gasteiger partial charge in [0, 0.05) is 29.5 Å². The van der Waals surface area contributed by atoms with E-state index in [2.05, 4.69) is 10.3 Å². The fraction of sp³-hybridized carbons (Fsp3) is 0.0625. The van der Waals surface area contributed by atoms with E-state index >= 15 is 0 Å². The predicted molar refractivity (Wildman–Crippen MR) is 84.9 cm³/mol. The third kappa shape index (κ3) is 2.40. The van der Waals surface area contributed by atoms with Crippen molar-refractivity contribution >= 4 is 33.9 Å². The molecule has 0 atom stereocenters. The molecule has 0 saturated heterocycles. The first kappa shape index (κ1) is 12.8. The molecule has 0 aliphatic heterocycles. The summed E-state index contributed by atoms with van der Waals surface area (Å²) in [5, 5.41) is 5.06. The molecule has 0 unspecified atom stereocenters. The lowest BCUT2D eigenvalue weighted by molar-refractivity contribution is 1.16. The second-order valence-corrected chi connectivity index (χ2v) is 4.95. The van der Waals surface area contributed by atoms with Gasteiger partial charge in [-0.3, -0.25) is 4.98 Å². The molecule has 3 N–H and O–H groups in total. The van der Waals surface area contributed by atoms with Crippen LogP contribution >= 0.6 is 11.6 Å². The molecule has 0 saturated carbocycles. The van der Waals surface area contributed by atoms with Gasteiger partial charge in [0.05, 0.1) is 10.5 Å². The summed E-state index contributed by atoms with van der Waals surface area (Å²) < 4.78 is 0. The highest BCUT2D eigenvalue weighted by molar-refractivity contribution is 6.35. The van der Waals surface area contributed by atoms with Crippen LogP contribution in [-0.4, -0.2) is 4.98 Å². The number of nitrogens with one attached hydrogen (secondary N) is 1. The summed E-state index contributed by atoms with van der Waals surface area (Å²) in [6.07, 6.45) is 1.74. The second kappa shape index (κ2) is 5.39. The van der Waals surface area contributed by atoms with Gasteiger partial charge >= 0.3 is 0 Å². The smallest absolute Gasteiger partial charge is 0.0908 e. The number of rotatable bonds is 3. The maximum absolute atomic E-state index is 6.16. The molecule has 1 aromatic heterocycles. The Morgan fingerprint density at radius 3 is 2.75 bits per heavy atom. The number of fused-ring (bicyclic) bond motifs is 1. The summed E-state index contributed by atoms with van der Waals surface area (Å²) in [5.41, 5.74) is 9.61. The Morgan fingerprint density at radius 1 is 1.05 bits per heavy atom. The van der Waals surface area contributed by atoms with Crippen molar-refractivity contribution in [3.8, 4) is 0 Å². The van der Waals surface area contributed by atoms with E-state index in [0.29, 0.717) is 11.6 Å². The third-order valence-corrected chi connectivity index (χ3v) is 3.55. The van der Waals surface area contributed by atoms with Crippen LogP contribution in [0.15, 0.2) is 54.7 Å². The van der Waals surface area contributed by atoms with Crippen LogP contribution in [0.2, 0.25) is 5.02 Å². The van der Waals surface area contributed by atoms with Crippen LogP contribution in [-0.2, 0) is 6.54 Å². The van der Waals surface area contributed by atoms with E-state index in [1.54, 1.807) is 6.20 Å². The number of benzene rings is 2. The topological polar surface area (TPSA) is 50.9 Å². The van der Waals surface area contributed by atoms with Crippen LogP contribution in [0.25, 0.3) is 10.9 Å². The molecular formula is C16H14ClN3. The van der Waals surface area contributed by atoms with Gasteiger partial charge in [-0.05, 0) is 35.9 Å². The summed E-state index contributed by atoms with van der Waals surface area (Å²) >= 11 is 6.16. The zero-order chi connectivity index (χ0) is 13.9. The Hall–Kier alpha value is -2.26. The molecule has 0 bridgehead atoms. The summed E-state index contributed by atoms with van der Waals surface area (Å²) in [5.74, 6) is 0. The first-order valence-corrected chi connectivity index (χ1v) is 6.74. The van der Waals surface area contributed by atoms with Gasteiger partial charge in [0.2, 0.25) is 0 Å². The number of halogens is 1. The first-order chi connectivity index (χ1) is 9.75. The Morgan fingerprint density at radius 2 is 1.90 bits per heavy atom. The summed E-state index contributed by atoms with van der Waals surface area (Å²) in [4.78, 5) is 4.32. The van der Waals surface area contributed by atoms with Gasteiger partial charge in [-0.1, -0.05) is 29.8 Å². The van der Waals surface area contributed by atoms with Crippen LogP contribution in [0.5, 0.6) is 0 Å². The van der Waals surface area contributed by atoms with Crippen molar-refractivity contribution in [3.05, 3.63) is 65.3 Å². The molecule has 1 heterocycles. The molecule has 20 heavy (non-hydrogen) atoms. The summed E-state index contributed by atoms with van der Waals surface area (Å²) in [6.45, 7) is 0.665. The van der Waals surface area contributed by atoms with Gasteiger partial charge < -0.3 is 11.1 Å². The third-order valence-electron chi connectivity index (χ3n) is 3.24. The Bertz CT molecular complexity index is 756. The molecule has 3 rings (SSSR count). The fourth-order valence-corrected chi connectivity index (χ4v) is 2.39. The van der Waals surface area contributed by atoms with Crippen LogP contribution in [0.4, 0.5) is 11.4 Å². The SMILES string of the molecule is Nc1ccccc1CNc1ccc(Cl)c2ncccc12. The Labute approximate surface area is 122 Å². The zero-order valence-corrected chi connectivity index (χ0v) is 11.6. The highest BCUT2D eigenvalue weighted by Gasteiger charge is 2.05. The zero-order valence-electron chi connectivity index (χ0n) is 10.8. The van der Waals surface area contributed by atoms with E-state index in [9.17, 15) is 0 Å². The summed E-state index contributed by atoms with van der Waals surface area (Å²) in [7, 11) is 0. The monoisotopic (exact) mass is 283 g/mol. The van der Waals surface area contributed by atoms with Crippen molar-refractivity contribution in [1.82, 2.24) is 4.98 Å². The molecule has 2 aromatic carbocycles. The molecule has 4 heteroatoms. The second-order valence-electron chi connectivity index (χ2n) is 4.55. The van der Waals surface area contributed by atoms with Crippen molar-refractivity contribution < 1.29 is 0 Å². The van der Waals surface area contributed by atoms with Crippen molar-refractivity contribution in [2.24, 2.45) is 0 Å². The van der Waals surface area contributed by atoms with E-state index in [1.807, 2.05) is 48.5 Å². The molecule has 0 amide bonds. The average molecular weight is 284 g/mol. The number of nitrogens with zero attached hydrogens (tertiary/aromatic N) is 1. The van der Waals surface area contributed by atoms with Gasteiger partial charge in [0.1, 0.15) is 0 Å². The molecule has 0 aliphatic rings.